The van der Waals surface area contributed by atoms with Crippen LogP contribution in [0.15, 0.2) is 0 Å². The molecule has 0 radical (unpaired) electrons. The highest BCUT2D eigenvalue weighted by Crippen LogP contribution is 2.29. The molecule has 3 fully saturated rings. The number of likely N-dealkylation sites (tertiary alicyclic amines) is 2. The van der Waals surface area contributed by atoms with Crippen LogP contribution < -0.4 is 0 Å². The number of carbonyl (C=O) groups excluding carboxylic acids is 2. The first-order valence-electron chi connectivity index (χ1n) is 9.77. The van der Waals surface area contributed by atoms with Gasteiger partial charge in [-0.3, -0.25) is 9.59 Å². The van der Waals surface area contributed by atoms with Crippen LogP contribution in [-0.2, 0) is 14.3 Å². The number of hydrogen-bond acceptors (Lipinski definition) is 3. The Morgan fingerprint density at radius 1 is 1.08 bits per heavy atom. The van der Waals surface area contributed by atoms with E-state index in [1.165, 1.54) is 6.42 Å². The SMILES string of the molecule is CO[C@@H]1CCC[C@@H](CC(=O)N2CCC(N3CCCCC3=O)CC2)C1. The molecule has 5 heteroatoms. The number of hydrogen-bond donors (Lipinski definition) is 0. The van der Waals surface area contributed by atoms with Gasteiger partial charge < -0.3 is 14.5 Å². The van der Waals surface area contributed by atoms with Crippen LogP contribution in [0.2, 0.25) is 0 Å². The number of rotatable bonds is 4. The quantitative estimate of drug-likeness (QED) is 0.793. The minimum atomic E-state index is 0.306. The van der Waals surface area contributed by atoms with Crippen LogP contribution in [0.1, 0.15) is 64.2 Å². The topological polar surface area (TPSA) is 49.9 Å². The van der Waals surface area contributed by atoms with Crippen molar-refractivity contribution in [3.8, 4) is 0 Å². The molecule has 2 amide bonds. The predicted molar refractivity (Wildman–Crippen MR) is 92.5 cm³/mol. The van der Waals surface area contributed by atoms with Crippen LogP contribution in [0.4, 0.5) is 0 Å². The molecule has 2 saturated heterocycles. The molecule has 0 aromatic carbocycles. The molecule has 1 saturated carbocycles. The smallest absolute Gasteiger partial charge is 0.222 e. The van der Waals surface area contributed by atoms with E-state index in [0.29, 0.717) is 42.7 Å². The summed E-state index contributed by atoms with van der Waals surface area (Å²) in [7, 11) is 1.78. The van der Waals surface area contributed by atoms with Crippen LogP contribution >= 0.6 is 0 Å². The van der Waals surface area contributed by atoms with E-state index in [2.05, 4.69) is 4.90 Å². The molecule has 0 unspecified atom stereocenters. The minimum Gasteiger partial charge on any atom is -0.381 e. The number of carbonyl (C=O) groups is 2. The van der Waals surface area contributed by atoms with Gasteiger partial charge in [-0.15, -0.1) is 0 Å². The lowest BCUT2D eigenvalue weighted by Crippen LogP contribution is -2.50. The lowest BCUT2D eigenvalue weighted by Gasteiger charge is -2.40. The van der Waals surface area contributed by atoms with Gasteiger partial charge in [0, 0.05) is 45.6 Å². The monoisotopic (exact) mass is 336 g/mol. The number of methoxy groups -OCH3 is 1. The maximum atomic E-state index is 12.6. The summed E-state index contributed by atoms with van der Waals surface area (Å²) < 4.78 is 5.48. The third-order valence-electron chi connectivity index (χ3n) is 6.15. The van der Waals surface area contributed by atoms with Crippen LogP contribution in [0.3, 0.4) is 0 Å². The molecular weight excluding hydrogens is 304 g/mol. The summed E-state index contributed by atoms with van der Waals surface area (Å²) >= 11 is 0. The number of ether oxygens (including phenoxy) is 1. The molecule has 2 atom stereocenters. The van der Waals surface area contributed by atoms with Crippen LogP contribution in [0, 0.1) is 5.92 Å². The largest absolute Gasteiger partial charge is 0.381 e. The summed E-state index contributed by atoms with van der Waals surface area (Å²) in [5.41, 5.74) is 0. The zero-order valence-electron chi connectivity index (χ0n) is 15.0. The van der Waals surface area contributed by atoms with Crippen molar-refractivity contribution in [2.75, 3.05) is 26.7 Å². The first kappa shape index (κ1) is 17.7. The molecule has 2 heterocycles. The van der Waals surface area contributed by atoms with Gasteiger partial charge in [0.15, 0.2) is 0 Å². The summed E-state index contributed by atoms with van der Waals surface area (Å²) in [6, 6.07) is 0.356. The van der Waals surface area contributed by atoms with Crippen molar-refractivity contribution < 1.29 is 14.3 Å². The van der Waals surface area contributed by atoms with Gasteiger partial charge in [0.2, 0.25) is 11.8 Å². The molecule has 3 rings (SSSR count). The van der Waals surface area contributed by atoms with Crippen LogP contribution in [-0.4, -0.2) is 60.5 Å². The molecule has 24 heavy (non-hydrogen) atoms. The Kier molecular flexibility index (Phi) is 6.14. The van der Waals surface area contributed by atoms with Gasteiger partial charge in [0.05, 0.1) is 6.10 Å². The fourth-order valence-corrected chi connectivity index (χ4v) is 4.66. The molecule has 0 N–H and O–H groups in total. The average molecular weight is 336 g/mol. The Labute approximate surface area is 145 Å². The second-order valence-corrected chi connectivity index (χ2v) is 7.75. The third kappa shape index (κ3) is 4.29. The molecule has 5 nitrogen and oxygen atoms in total. The Bertz CT molecular complexity index is 446. The standard InChI is InChI=1S/C19H32N2O3/c1-24-17-6-4-5-15(13-17)14-19(23)20-11-8-16(9-12-20)21-10-3-2-7-18(21)22/h15-17H,2-14H2,1H3/t15-,17-/m1/s1. The van der Waals surface area contributed by atoms with Crippen molar-refractivity contribution in [2.45, 2.75) is 76.4 Å². The molecule has 0 aromatic heterocycles. The first-order valence-corrected chi connectivity index (χ1v) is 9.77. The summed E-state index contributed by atoms with van der Waals surface area (Å²) in [6.07, 6.45) is 10.3. The van der Waals surface area contributed by atoms with Crippen molar-refractivity contribution in [1.29, 1.82) is 0 Å². The Hall–Kier alpha value is -1.10. The van der Waals surface area contributed by atoms with Gasteiger partial charge in [-0.2, -0.15) is 0 Å². The van der Waals surface area contributed by atoms with E-state index >= 15 is 0 Å². The van der Waals surface area contributed by atoms with Gasteiger partial charge in [-0.1, -0.05) is 6.42 Å². The van der Waals surface area contributed by atoms with Crippen LogP contribution in [0.5, 0.6) is 0 Å². The van der Waals surface area contributed by atoms with Crippen molar-refractivity contribution >= 4 is 11.8 Å². The van der Waals surface area contributed by atoms with E-state index in [0.717, 1.165) is 64.6 Å². The highest BCUT2D eigenvalue weighted by Gasteiger charge is 2.32. The fourth-order valence-electron chi connectivity index (χ4n) is 4.66. The third-order valence-corrected chi connectivity index (χ3v) is 6.15. The molecule has 1 aliphatic carbocycles. The fraction of sp³-hybridized carbons (Fsp3) is 0.895. The Balaban J connectivity index is 1.44. The van der Waals surface area contributed by atoms with Gasteiger partial charge in [0.25, 0.3) is 0 Å². The van der Waals surface area contributed by atoms with E-state index in [4.69, 9.17) is 4.74 Å². The number of amides is 2. The first-order chi connectivity index (χ1) is 11.7. The van der Waals surface area contributed by atoms with Crippen molar-refractivity contribution in [3.05, 3.63) is 0 Å². The zero-order chi connectivity index (χ0) is 16.9. The lowest BCUT2D eigenvalue weighted by atomic mass is 9.84. The molecule has 2 aliphatic heterocycles. The summed E-state index contributed by atoms with van der Waals surface area (Å²) in [5.74, 6) is 1.11. The van der Waals surface area contributed by atoms with E-state index in [1.54, 1.807) is 7.11 Å². The van der Waals surface area contributed by atoms with Gasteiger partial charge in [-0.05, 0) is 50.9 Å². The van der Waals surface area contributed by atoms with Crippen LogP contribution in [0.25, 0.3) is 0 Å². The summed E-state index contributed by atoms with van der Waals surface area (Å²) in [6.45, 7) is 2.54. The Morgan fingerprint density at radius 2 is 1.88 bits per heavy atom. The van der Waals surface area contributed by atoms with Gasteiger partial charge in [0.1, 0.15) is 0 Å². The molecule has 0 bridgehead atoms. The van der Waals surface area contributed by atoms with E-state index in [1.807, 2.05) is 4.90 Å². The van der Waals surface area contributed by atoms with Gasteiger partial charge >= 0.3 is 0 Å². The number of nitrogens with zero attached hydrogens (tertiary/aromatic N) is 2. The summed E-state index contributed by atoms with van der Waals surface area (Å²) in [5, 5.41) is 0. The summed E-state index contributed by atoms with van der Waals surface area (Å²) in [4.78, 5) is 28.8. The van der Waals surface area contributed by atoms with E-state index < -0.39 is 0 Å². The lowest BCUT2D eigenvalue weighted by molar-refractivity contribution is -0.139. The molecule has 0 spiro atoms. The second kappa shape index (κ2) is 8.32. The molecule has 136 valence electrons. The number of piperidine rings is 2. The highest BCUT2D eigenvalue weighted by atomic mass is 16.5. The second-order valence-electron chi connectivity index (χ2n) is 7.75. The van der Waals surface area contributed by atoms with Gasteiger partial charge in [-0.25, -0.2) is 0 Å². The Morgan fingerprint density at radius 3 is 2.58 bits per heavy atom. The molecular formula is C19H32N2O3. The van der Waals surface area contributed by atoms with E-state index in [9.17, 15) is 9.59 Å². The molecule has 0 aromatic rings. The maximum Gasteiger partial charge on any atom is 0.222 e. The average Bonchev–Trinajstić information content (AvgIpc) is 2.62. The van der Waals surface area contributed by atoms with Crippen molar-refractivity contribution in [2.24, 2.45) is 5.92 Å². The highest BCUT2D eigenvalue weighted by molar-refractivity contribution is 5.78. The zero-order valence-corrected chi connectivity index (χ0v) is 15.0. The maximum absolute atomic E-state index is 12.6. The van der Waals surface area contributed by atoms with Crippen molar-refractivity contribution in [3.63, 3.8) is 0 Å². The minimum absolute atomic E-state index is 0.306. The van der Waals surface area contributed by atoms with E-state index in [-0.39, 0.29) is 0 Å². The van der Waals surface area contributed by atoms with Crippen molar-refractivity contribution in [1.82, 2.24) is 9.80 Å². The molecule has 3 aliphatic rings. The normalized spacial score (nSPS) is 29.8. The predicted octanol–water partition coefficient (Wildman–Crippen LogP) is 2.59.